The van der Waals surface area contributed by atoms with E-state index in [2.05, 4.69) is 26.1 Å². The summed E-state index contributed by atoms with van der Waals surface area (Å²) in [5, 5.41) is 23.4. The molecule has 0 radical (unpaired) electrons. The van der Waals surface area contributed by atoms with Crippen molar-refractivity contribution < 1.29 is 14.9 Å². The number of ether oxygens (including phenoxy) is 1. The van der Waals surface area contributed by atoms with Crippen molar-refractivity contribution in [3.63, 3.8) is 0 Å². The lowest BCUT2D eigenvalue weighted by Crippen LogP contribution is -2.46. The van der Waals surface area contributed by atoms with E-state index >= 15 is 0 Å². The molecule has 19 heavy (non-hydrogen) atoms. The first-order valence-corrected chi connectivity index (χ1v) is 7.60. The van der Waals surface area contributed by atoms with Gasteiger partial charge in [0.25, 0.3) is 0 Å². The predicted octanol–water partition coefficient (Wildman–Crippen LogP) is 1.55. The number of aliphatic hydroxyl groups excluding tert-OH is 1. The zero-order valence-electron chi connectivity index (χ0n) is 12.7. The van der Waals surface area contributed by atoms with Gasteiger partial charge in [-0.15, -0.1) is 0 Å². The molecule has 0 aromatic rings. The second-order valence-corrected chi connectivity index (χ2v) is 6.64. The molecule has 0 amide bonds. The highest BCUT2D eigenvalue weighted by atomic mass is 16.5. The number of nitrogens with one attached hydrogen (secondary N) is 1. The minimum Gasteiger partial charge on any atom is -0.389 e. The average molecular weight is 273 g/mol. The normalized spacial score (nSPS) is 29.7. The summed E-state index contributed by atoms with van der Waals surface area (Å²) in [6.07, 6.45) is 3.54. The van der Waals surface area contributed by atoms with Gasteiger partial charge in [-0.2, -0.15) is 0 Å². The van der Waals surface area contributed by atoms with E-state index in [4.69, 9.17) is 4.74 Å². The summed E-state index contributed by atoms with van der Waals surface area (Å²) < 4.78 is 5.39. The molecule has 1 aliphatic carbocycles. The van der Waals surface area contributed by atoms with Crippen LogP contribution < -0.4 is 5.32 Å². The molecule has 0 aliphatic heterocycles. The molecule has 4 nitrogen and oxygen atoms in total. The van der Waals surface area contributed by atoms with Gasteiger partial charge in [0.05, 0.1) is 18.3 Å². The van der Waals surface area contributed by atoms with Gasteiger partial charge in [0.15, 0.2) is 0 Å². The fourth-order valence-electron chi connectivity index (χ4n) is 2.76. The lowest BCUT2D eigenvalue weighted by molar-refractivity contribution is -0.0174. The third kappa shape index (κ3) is 7.25. The van der Waals surface area contributed by atoms with Crippen LogP contribution in [0, 0.1) is 11.8 Å². The molecule has 3 N–H and O–H groups in total. The lowest BCUT2D eigenvalue weighted by atomic mass is 9.79. The molecule has 0 saturated heterocycles. The van der Waals surface area contributed by atoms with Crippen molar-refractivity contribution in [3.05, 3.63) is 0 Å². The average Bonchev–Trinajstić information content (AvgIpc) is 2.27. The Morgan fingerprint density at radius 3 is 2.74 bits per heavy atom. The quantitative estimate of drug-likeness (QED) is 0.628. The van der Waals surface area contributed by atoms with E-state index < -0.39 is 11.7 Å². The van der Waals surface area contributed by atoms with Crippen molar-refractivity contribution >= 4 is 0 Å². The highest BCUT2D eigenvalue weighted by Gasteiger charge is 2.32. The molecule has 1 fully saturated rings. The van der Waals surface area contributed by atoms with E-state index in [1.807, 2.05) is 0 Å². The first kappa shape index (κ1) is 16.9. The van der Waals surface area contributed by atoms with Crippen molar-refractivity contribution in [1.29, 1.82) is 0 Å². The summed E-state index contributed by atoms with van der Waals surface area (Å²) in [6.45, 7) is 8.46. The van der Waals surface area contributed by atoms with Crippen LogP contribution in [0.2, 0.25) is 0 Å². The van der Waals surface area contributed by atoms with Crippen LogP contribution in [-0.2, 0) is 4.74 Å². The standard InChI is InChI=1S/C15H31NO3/c1-12(2)9-19-10-14(17)8-16-11-15(18)6-4-5-13(3)7-15/h12-14,16-18H,4-11H2,1-3H3. The SMILES string of the molecule is CC(C)COCC(O)CNCC1(O)CCCC(C)C1. The molecule has 3 atom stereocenters. The molecule has 3 unspecified atom stereocenters. The first-order valence-electron chi connectivity index (χ1n) is 7.60. The van der Waals surface area contributed by atoms with Gasteiger partial charge in [0.1, 0.15) is 0 Å². The summed E-state index contributed by atoms with van der Waals surface area (Å²) in [5.74, 6) is 1.09. The molecule has 0 bridgehead atoms. The van der Waals surface area contributed by atoms with Crippen LogP contribution in [-0.4, -0.2) is 48.2 Å². The number of rotatable bonds is 8. The summed E-state index contributed by atoms with van der Waals surface area (Å²) in [5.41, 5.74) is -0.587. The maximum Gasteiger partial charge on any atom is 0.0897 e. The van der Waals surface area contributed by atoms with Crippen LogP contribution in [0.4, 0.5) is 0 Å². The second kappa shape index (κ2) is 8.20. The first-order chi connectivity index (χ1) is 8.91. The predicted molar refractivity (Wildman–Crippen MR) is 77.1 cm³/mol. The molecule has 1 saturated carbocycles. The van der Waals surface area contributed by atoms with Crippen molar-refractivity contribution in [2.24, 2.45) is 11.8 Å². The Bertz CT molecular complexity index is 248. The Morgan fingerprint density at radius 2 is 2.11 bits per heavy atom. The zero-order chi connectivity index (χ0) is 14.3. The highest BCUT2D eigenvalue weighted by molar-refractivity contribution is 4.87. The van der Waals surface area contributed by atoms with Crippen molar-refractivity contribution in [3.8, 4) is 0 Å². The second-order valence-electron chi connectivity index (χ2n) is 6.64. The van der Waals surface area contributed by atoms with Crippen molar-refractivity contribution in [1.82, 2.24) is 5.32 Å². The number of hydrogen-bond acceptors (Lipinski definition) is 4. The van der Waals surface area contributed by atoms with Gasteiger partial charge < -0.3 is 20.3 Å². The lowest BCUT2D eigenvalue weighted by Gasteiger charge is -2.36. The summed E-state index contributed by atoms with van der Waals surface area (Å²) in [4.78, 5) is 0. The van der Waals surface area contributed by atoms with Gasteiger partial charge >= 0.3 is 0 Å². The summed E-state index contributed by atoms with van der Waals surface area (Å²) in [6, 6.07) is 0. The van der Waals surface area contributed by atoms with Gasteiger partial charge in [0.2, 0.25) is 0 Å². The Morgan fingerprint density at radius 1 is 1.37 bits per heavy atom. The van der Waals surface area contributed by atoms with Crippen LogP contribution >= 0.6 is 0 Å². The van der Waals surface area contributed by atoms with E-state index in [0.29, 0.717) is 38.1 Å². The van der Waals surface area contributed by atoms with Crippen molar-refractivity contribution in [2.45, 2.75) is 58.2 Å². The van der Waals surface area contributed by atoms with E-state index in [-0.39, 0.29) is 0 Å². The maximum absolute atomic E-state index is 10.4. The minimum absolute atomic E-state index is 0.361. The third-order valence-corrected chi connectivity index (χ3v) is 3.66. The topological polar surface area (TPSA) is 61.7 Å². The molecule has 1 rings (SSSR count). The Balaban J connectivity index is 2.11. The highest BCUT2D eigenvalue weighted by Crippen LogP contribution is 2.31. The van der Waals surface area contributed by atoms with Gasteiger partial charge in [-0.25, -0.2) is 0 Å². The van der Waals surface area contributed by atoms with Crippen LogP contribution in [0.25, 0.3) is 0 Å². The fraction of sp³-hybridized carbons (Fsp3) is 1.00. The smallest absolute Gasteiger partial charge is 0.0897 e. The number of hydrogen-bond donors (Lipinski definition) is 3. The molecular weight excluding hydrogens is 242 g/mol. The Labute approximate surface area is 117 Å². The van der Waals surface area contributed by atoms with Gasteiger partial charge in [-0.05, 0) is 24.7 Å². The fourth-order valence-corrected chi connectivity index (χ4v) is 2.76. The van der Waals surface area contributed by atoms with Gasteiger partial charge in [-0.1, -0.05) is 33.6 Å². The molecule has 0 aromatic carbocycles. The van der Waals surface area contributed by atoms with Crippen LogP contribution in [0.3, 0.4) is 0 Å². The summed E-state index contributed by atoms with van der Waals surface area (Å²) >= 11 is 0. The molecule has 0 heterocycles. The minimum atomic E-state index is -0.587. The van der Waals surface area contributed by atoms with Crippen LogP contribution in [0.5, 0.6) is 0 Å². The number of aliphatic hydroxyl groups is 2. The monoisotopic (exact) mass is 273 g/mol. The molecule has 4 heteroatoms. The van der Waals surface area contributed by atoms with E-state index in [1.165, 1.54) is 6.42 Å². The molecule has 1 aliphatic rings. The summed E-state index contributed by atoms with van der Waals surface area (Å²) in [7, 11) is 0. The van der Waals surface area contributed by atoms with E-state index in [9.17, 15) is 10.2 Å². The molecular formula is C15H31NO3. The third-order valence-electron chi connectivity index (χ3n) is 3.66. The molecule has 114 valence electrons. The largest absolute Gasteiger partial charge is 0.389 e. The van der Waals surface area contributed by atoms with Gasteiger partial charge in [0, 0.05) is 19.7 Å². The molecule has 0 spiro atoms. The van der Waals surface area contributed by atoms with Crippen LogP contribution in [0.1, 0.15) is 46.5 Å². The van der Waals surface area contributed by atoms with Crippen molar-refractivity contribution in [2.75, 3.05) is 26.3 Å². The van der Waals surface area contributed by atoms with E-state index in [1.54, 1.807) is 0 Å². The Hall–Kier alpha value is -0.160. The van der Waals surface area contributed by atoms with E-state index in [0.717, 1.165) is 19.3 Å². The molecule has 0 aromatic heterocycles. The van der Waals surface area contributed by atoms with Gasteiger partial charge in [-0.3, -0.25) is 0 Å². The maximum atomic E-state index is 10.4. The Kier molecular flexibility index (Phi) is 7.29. The zero-order valence-corrected chi connectivity index (χ0v) is 12.7. The van der Waals surface area contributed by atoms with Crippen LogP contribution in [0.15, 0.2) is 0 Å².